The van der Waals surface area contributed by atoms with Crippen molar-refractivity contribution in [3.63, 3.8) is 0 Å². The number of nitrogens with zero attached hydrogens (tertiary/aromatic N) is 2. The molecule has 0 aliphatic heterocycles. The van der Waals surface area contributed by atoms with Crippen molar-refractivity contribution in [1.29, 1.82) is 0 Å². The van der Waals surface area contributed by atoms with E-state index in [2.05, 4.69) is 11.6 Å². The van der Waals surface area contributed by atoms with Crippen LogP contribution in [0.15, 0.2) is 52.6 Å². The van der Waals surface area contributed by atoms with Gasteiger partial charge in [0.2, 0.25) is 0 Å². The molecule has 1 aromatic carbocycles. The second-order valence-electron chi connectivity index (χ2n) is 3.25. The average Bonchev–Trinajstić information content (AvgIpc) is 2.56. The van der Waals surface area contributed by atoms with E-state index in [4.69, 9.17) is 0 Å². The zero-order valence-corrected chi connectivity index (χ0v) is 8.59. The molecule has 0 saturated carbocycles. The molecule has 0 saturated heterocycles. The average molecular weight is 217 g/mol. The van der Waals surface area contributed by atoms with Crippen LogP contribution in [0.2, 0.25) is 0 Å². The predicted molar refractivity (Wildman–Crippen MR) is 60.8 cm³/mol. The maximum absolute atomic E-state index is 11.6. The number of H-pyrrole nitrogens is 1. The fourth-order valence-corrected chi connectivity index (χ4v) is 1.52. The van der Waals surface area contributed by atoms with Crippen LogP contribution in [0.1, 0.15) is 0 Å². The molecule has 5 heteroatoms. The summed E-state index contributed by atoms with van der Waals surface area (Å²) in [5.74, 6) is 0. The molecule has 0 radical (unpaired) electrons. The minimum Gasteiger partial charge on any atom is -0.256 e. The molecular formula is C11H11N3O2. The highest BCUT2D eigenvalue weighted by molar-refractivity contribution is 5.29. The highest BCUT2D eigenvalue weighted by Gasteiger charge is 2.08. The summed E-state index contributed by atoms with van der Waals surface area (Å²) in [6, 6.07) is 8.97. The quantitative estimate of drug-likeness (QED) is 0.762. The Kier molecular flexibility index (Phi) is 2.59. The summed E-state index contributed by atoms with van der Waals surface area (Å²) in [5, 5.41) is 0. The van der Waals surface area contributed by atoms with Crippen LogP contribution in [0.25, 0.3) is 5.69 Å². The first-order valence-electron chi connectivity index (χ1n) is 4.82. The summed E-state index contributed by atoms with van der Waals surface area (Å²) in [4.78, 5) is 25.3. The Bertz CT molecular complexity index is 604. The molecular weight excluding hydrogens is 206 g/mol. The molecule has 0 fully saturated rings. The van der Waals surface area contributed by atoms with E-state index in [1.165, 1.54) is 9.36 Å². The van der Waals surface area contributed by atoms with Gasteiger partial charge >= 0.3 is 11.4 Å². The second-order valence-corrected chi connectivity index (χ2v) is 3.25. The molecule has 0 aliphatic rings. The number of para-hydroxylation sites is 1. The highest BCUT2D eigenvalue weighted by atomic mass is 16.2. The Morgan fingerprint density at radius 3 is 2.50 bits per heavy atom. The van der Waals surface area contributed by atoms with Gasteiger partial charge in [-0.25, -0.2) is 14.3 Å². The van der Waals surface area contributed by atoms with Crippen LogP contribution in [0.4, 0.5) is 0 Å². The van der Waals surface area contributed by atoms with Gasteiger partial charge in [0.25, 0.3) is 0 Å². The molecule has 0 spiro atoms. The Balaban J connectivity index is 2.69. The number of hydrogen-bond donors (Lipinski definition) is 1. The SMILES string of the molecule is C=CCn1c(=O)[nH]c(=O)n1-c1ccccc1. The van der Waals surface area contributed by atoms with Gasteiger partial charge in [-0.05, 0) is 12.1 Å². The minimum absolute atomic E-state index is 0.284. The third-order valence-electron chi connectivity index (χ3n) is 2.18. The standard InChI is InChI=1S/C11H11N3O2/c1-2-8-13-10(15)12-11(16)14(13)9-6-4-3-5-7-9/h2-7H,1,8H2,(H,12,15,16). The van der Waals surface area contributed by atoms with Crippen molar-refractivity contribution in [2.75, 3.05) is 0 Å². The third kappa shape index (κ3) is 1.63. The van der Waals surface area contributed by atoms with E-state index in [1.54, 1.807) is 30.3 Å². The van der Waals surface area contributed by atoms with Gasteiger partial charge in [0.15, 0.2) is 0 Å². The van der Waals surface area contributed by atoms with E-state index in [0.717, 1.165) is 0 Å². The topological polar surface area (TPSA) is 59.8 Å². The zero-order chi connectivity index (χ0) is 11.5. The largest absolute Gasteiger partial charge is 0.349 e. The molecule has 16 heavy (non-hydrogen) atoms. The number of aromatic amines is 1. The van der Waals surface area contributed by atoms with Gasteiger partial charge in [0, 0.05) is 0 Å². The Hall–Kier alpha value is -2.30. The lowest BCUT2D eigenvalue weighted by Gasteiger charge is -2.06. The lowest BCUT2D eigenvalue weighted by Crippen LogP contribution is -2.24. The second kappa shape index (κ2) is 4.06. The lowest BCUT2D eigenvalue weighted by molar-refractivity contribution is 0.585. The van der Waals surface area contributed by atoms with Crippen LogP contribution in [0.5, 0.6) is 0 Å². The molecule has 5 nitrogen and oxygen atoms in total. The molecule has 2 rings (SSSR count). The summed E-state index contributed by atoms with van der Waals surface area (Å²) in [5.41, 5.74) is -0.237. The van der Waals surface area contributed by atoms with Crippen LogP contribution in [-0.2, 0) is 6.54 Å². The molecule has 0 aliphatic carbocycles. The molecule has 0 bridgehead atoms. The number of aromatic nitrogens is 3. The number of nitrogens with one attached hydrogen (secondary N) is 1. The summed E-state index contributed by atoms with van der Waals surface area (Å²) in [7, 11) is 0. The fraction of sp³-hybridized carbons (Fsp3) is 0.0909. The van der Waals surface area contributed by atoms with Crippen molar-refractivity contribution < 1.29 is 0 Å². The van der Waals surface area contributed by atoms with Crippen molar-refractivity contribution in [3.8, 4) is 5.69 Å². The molecule has 2 aromatic rings. The molecule has 1 aromatic heterocycles. The van der Waals surface area contributed by atoms with E-state index in [0.29, 0.717) is 5.69 Å². The smallest absolute Gasteiger partial charge is 0.256 e. The molecule has 0 atom stereocenters. The Morgan fingerprint density at radius 2 is 1.88 bits per heavy atom. The molecule has 0 unspecified atom stereocenters. The normalized spacial score (nSPS) is 10.2. The monoisotopic (exact) mass is 217 g/mol. The van der Waals surface area contributed by atoms with Crippen LogP contribution in [-0.4, -0.2) is 14.3 Å². The minimum atomic E-state index is -0.446. The fourth-order valence-electron chi connectivity index (χ4n) is 1.52. The summed E-state index contributed by atoms with van der Waals surface area (Å²) >= 11 is 0. The number of rotatable bonds is 3. The Labute approximate surface area is 91.3 Å². The van der Waals surface area contributed by atoms with Crippen molar-refractivity contribution >= 4 is 0 Å². The van der Waals surface area contributed by atoms with Crippen LogP contribution >= 0.6 is 0 Å². The lowest BCUT2D eigenvalue weighted by atomic mass is 10.3. The van der Waals surface area contributed by atoms with Gasteiger partial charge in [-0.1, -0.05) is 24.3 Å². The first-order chi connectivity index (χ1) is 7.74. The van der Waals surface area contributed by atoms with Crippen molar-refractivity contribution in [1.82, 2.24) is 14.3 Å². The summed E-state index contributed by atoms with van der Waals surface area (Å²) < 4.78 is 2.59. The highest BCUT2D eigenvalue weighted by Crippen LogP contribution is 2.01. The van der Waals surface area contributed by atoms with Crippen molar-refractivity contribution in [3.05, 3.63) is 64.0 Å². The van der Waals surface area contributed by atoms with Gasteiger partial charge in [-0.2, -0.15) is 4.68 Å². The predicted octanol–water partition coefficient (Wildman–Crippen LogP) is 0.513. The first-order valence-corrected chi connectivity index (χ1v) is 4.82. The van der Waals surface area contributed by atoms with Crippen molar-refractivity contribution in [2.45, 2.75) is 6.54 Å². The maximum Gasteiger partial charge on any atom is 0.349 e. The van der Waals surface area contributed by atoms with Crippen LogP contribution in [0.3, 0.4) is 0 Å². The maximum atomic E-state index is 11.6. The van der Waals surface area contributed by atoms with Gasteiger partial charge in [0.05, 0.1) is 12.2 Å². The van der Waals surface area contributed by atoms with E-state index in [1.807, 2.05) is 6.07 Å². The first kappa shape index (κ1) is 10.2. The van der Waals surface area contributed by atoms with E-state index < -0.39 is 11.4 Å². The summed E-state index contributed by atoms with van der Waals surface area (Å²) in [6.45, 7) is 3.84. The molecule has 0 amide bonds. The van der Waals surface area contributed by atoms with Gasteiger partial charge in [-0.15, -0.1) is 6.58 Å². The van der Waals surface area contributed by atoms with Crippen molar-refractivity contribution in [2.24, 2.45) is 0 Å². The molecule has 1 N–H and O–H groups in total. The molecule has 82 valence electrons. The molecule has 1 heterocycles. The van der Waals surface area contributed by atoms with E-state index in [-0.39, 0.29) is 6.54 Å². The van der Waals surface area contributed by atoms with Crippen LogP contribution < -0.4 is 11.4 Å². The van der Waals surface area contributed by atoms with Gasteiger partial charge in [-0.3, -0.25) is 4.98 Å². The van der Waals surface area contributed by atoms with E-state index in [9.17, 15) is 9.59 Å². The summed E-state index contributed by atoms with van der Waals surface area (Å²) in [6.07, 6.45) is 1.56. The van der Waals surface area contributed by atoms with E-state index >= 15 is 0 Å². The van der Waals surface area contributed by atoms with Crippen LogP contribution in [0, 0.1) is 0 Å². The zero-order valence-electron chi connectivity index (χ0n) is 8.59. The number of benzene rings is 1. The number of hydrogen-bond acceptors (Lipinski definition) is 2. The van der Waals surface area contributed by atoms with Gasteiger partial charge in [0.1, 0.15) is 0 Å². The number of allylic oxidation sites excluding steroid dienone is 1. The Morgan fingerprint density at radius 1 is 1.19 bits per heavy atom. The van der Waals surface area contributed by atoms with Gasteiger partial charge < -0.3 is 0 Å². The third-order valence-corrected chi connectivity index (χ3v) is 2.18.